The number of benzene rings is 1. The van der Waals surface area contributed by atoms with Gasteiger partial charge in [0.25, 0.3) is 0 Å². The summed E-state index contributed by atoms with van der Waals surface area (Å²) in [5.74, 6) is 0.0539. The van der Waals surface area contributed by atoms with Gasteiger partial charge in [-0.15, -0.1) is 0 Å². The predicted molar refractivity (Wildman–Crippen MR) is 90.6 cm³/mol. The predicted octanol–water partition coefficient (Wildman–Crippen LogP) is 4.57. The van der Waals surface area contributed by atoms with Gasteiger partial charge in [0.1, 0.15) is 5.76 Å². The third-order valence-electron chi connectivity index (χ3n) is 4.58. The summed E-state index contributed by atoms with van der Waals surface area (Å²) in [5, 5.41) is 0. The third kappa shape index (κ3) is 4.48. The Bertz CT molecular complexity index is 826. The summed E-state index contributed by atoms with van der Waals surface area (Å²) in [6.45, 7) is 0.0962. The van der Waals surface area contributed by atoms with Gasteiger partial charge in [-0.2, -0.15) is 17.5 Å². The molecule has 26 heavy (non-hydrogen) atoms. The molecule has 3 rings (SSSR count). The molecule has 1 aliphatic rings. The first-order chi connectivity index (χ1) is 12.3. The first kappa shape index (κ1) is 19.0. The van der Waals surface area contributed by atoms with Crippen LogP contribution in [-0.2, 0) is 28.5 Å². The molecule has 2 aromatic rings. The second-order valence-corrected chi connectivity index (χ2v) is 8.44. The molecule has 1 aromatic carbocycles. The molecule has 1 fully saturated rings. The minimum absolute atomic E-state index is 0.0962. The maximum atomic E-state index is 13.0. The van der Waals surface area contributed by atoms with Crippen LogP contribution in [0.4, 0.5) is 13.2 Å². The molecule has 4 nitrogen and oxygen atoms in total. The van der Waals surface area contributed by atoms with Crippen molar-refractivity contribution in [2.45, 2.75) is 50.2 Å². The van der Waals surface area contributed by atoms with Crippen LogP contribution in [0.3, 0.4) is 0 Å². The van der Waals surface area contributed by atoms with Gasteiger partial charge in [0, 0.05) is 6.04 Å². The maximum absolute atomic E-state index is 13.0. The highest BCUT2D eigenvalue weighted by atomic mass is 32.2. The molecule has 0 bridgehead atoms. The molecule has 0 unspecified atom stereocenters. The molecule has 1 aliphatic carbocycles. The Morgan fingerprint density at radius 3 is 2.46 bits per heavy atom. The Morgan fingerprint density at radius 1 is 1.12 bits per heavy atom. The Kier molecular flexibility index (Phi) is 5.43. The van der Waals surface area contributed by atoms with E-state index in [0.29, 0.717) is 5.76 Å². The van der Waals surface area contributed by atoms with Crippen molar-refractivity contribution in [1.82, 2.24) is 4.31 Å². The third-order valence-corrected chi connectivity index (χ3v) is 6.42. The summed E-state index contributed by atoms with van der Waals surface area (Å²) in [7, 11) is -3.79. The van der Waals surface area contributed by atoms with Crippen LogP contribution in [0.15, 0.2) is 47.1 Å². The quantitative estimate of drug-likeness (QED) is 0.729. The molecule has 0 radical (unpaired) electrons. The summed E-state index contributed by atoms with van der Waals surface area (Å²) in [6, 6.07) is 7.72. The number of sulfonamides is 1. The van der Waals surface area contributed by atoms with Crippen LogP contribution < -0.4 is 0 Å². The lowest BCUT2D eigenvalue weighted by Crippen LogP contribution is -2.39. The standard InChI is InChI=1S/C18H20F3NO3S/c19-18(20,21)15-6-3-5-14(11-15)13-26(23,24)22(16-7-1-2-8-16)12-17-9-4-10-25-17/h3-6,9-11,16H,1-2,7-8,12-13H2. The van der Waals surface area contributed by atoms with E-state index in [2.05, 4.69) is 0 Å². The average molecular weight is 387 g/mol. The lowest BCUT2D eigenvalue weighted by molar-refractivity contribution is -0.137. The lowest BCUT2D eigenvalue weighted by Gasteiger charge is -2.27. The number of hydrogen-bond acceptors (Lipinski definition) is 3. The van der Waals surface area contributed by atoms with Gasteiger partial charge < -0.3 is 4.42 Å². The van der Waals surface area contributed by atoms with Gasteiger partial charge >= 0.3 is 6.18 Å². The topological polar surface area (TPSA) is 50.5 Å². The first-order valence-electron chi connectivity index (χ1n) is 8.44. The van der Waals surface area contributed by atoms with Crippen LogP contribution in [0, 0.1) is 0 Å². The van der Waals surface area contributed by atoms with Gasteiger partial charge in [0.2, 0.25) is 10.0 Å². The highest BCUT2D eigenvalue weighted by Crippen LogP contribution is 2.32. The summed E-state index contributed by atoms with van der Waals surface area (Å²) >= 11 is 0. The van der Waals surface area contributed by atoms with Crippen LogP contribution in [0.2, 0.25) is 0 Å². The van der Waals surface area contributed by atoms with Crippen molar-refractivity contribution in [3.63, 3.8) is 0 Å². The molecule has 1 heterocycles. The first-order valence-corrected chi connectivity index (χ1v) is 10.0. The Hall–Kier alpha value is -1.80. The van der Waals surface area contributed by atoms with E-state index in [1.807, 2.05) is 0 Å². The second-order valence-electron chi connectivity index (χ2n) is 6.52. The Morgan fingerprint density at radius 2 is 1.85 bits per heavy atom. The van der Waals surface area contributed by atoms with Crippen molar-refractivity contribution in [2.75, 3.05) is 0 Å². The number of nitrogens with zero attached hydrogens (tertiary/aromatic N) is 1. The van der Waals surface area contributed by atoms with Crippen LogP contribution in [-0.4, -0.2) is 18.8 Å². The number of furan rings is 1. The molecule has 0 saturated heterocycles. The van der Waals surface area contributed by atoms with Gasteiger partial charge in [-0.1, -0.05) is 31.0 Å². The van der Waals surface area contributed by atoms with E-state index >= 15 is 0 Å². The van der Waals surface area contributed by atoms with Crippen LogP contribution in [0.1, 0.15) is 42.6 Å². The fourth-order valence-electron chi connectivity index (χ4n) is 3.33. The molecular weight excluding hydrogens is 367 g/mol. The summed E-state index contributed by atoms with van der Waals surface area (Å²) < 4.78 is 71.3. The Balaban J connectivity index is 1.85. The van der Waals surface area contributed by atoms with Crippen LogP contribution >= 0.6 is 0 Å². The van der Waals surface area contributed by atoms with Crippen LogP contribution in [0.25, 0.3) is 0 Å². The highest BCUT2D eigenvalue weighted by Gasteiger charge is 2.34. The molecule has 0 amide bonds. The summed E-state index contributed by atoms with van der Waals surface area (Å²) in [6.07, 6.45) is 0.364. The summed E-state index contributed by atoms with van der Waals surface area (Å²) in [4.78, 5) is 0. The SMILES string of the molecule is O=S(=O)(Cc1cccc(C(F)(F)F)c1)N(Cc1ccco1)C1CCCC1. The van der Waals surface area contributed by atoms with Gasteiger partial charge in [0.15, 0.2) is 0 Å². The van der Waals surface area contributed by atoms with Gasteiger partial charge in [-0.25, -0.2) is 8.42 Å². The summed E-state index contributed by atoms with van der Waals surface area (Å²) in [5.41, 5.74) is -0.717. The Labute approximate surface area is 150 Å². The monoisotopic (exact) mass is 387 g/mol. The molecular formula is C18H20F3NO3S. The number of hydrogen-bond donors (Lipinski definition) is 0. The van der Waals surface area contributed by atoms with Crippen molar-refractivity contribution in [1.29, 1.82) is 0 Å². The van der Waals surface area contributed by atoms with Gasteiger partial charge in [0.05, 0.1) is 24.1 Å². The van der Waals surface area contributed by atoms with Gasteiger partial charge in [-0.3, -0.25) is 0 Å². The second kappa shape index (κ2) is 7.44. The highest BCUT2D eigenvalue weighted by molar-refractivity contribution is 7.88. The van der Waals surface area contributed by atoms with E-state index in [-0.39, 0.29) is 18.2 Å². The van der Waals surface area contributed by atoms with Crippen LogP contribution in [0.5, 0.6) is 0 Å². The number of halogens is 3. The zero-order valence-corrected chi connectivity index (χ0v) is 14.9. The molecule has 0 spiro atoms. The van der Waals surface area contributed by atoms with E-state index in [9.17, 15) is 21.6 Å². The van der Waals surface area contributed by atoms with E-state index in [1.165, 1.54) is 22.7 Å². The van der Waals surface area contributed by atoms with E-state index in [4.69, 9.17) is 4.42 Å². The fourth-order valence-corrected chi connectivity index (χ4v) is 5.09. The van der Waals surface area contributed by atoms with E-state index in [0.717, 1.165) is 37.8 Å². The van der Waals surface area contributed by atoms with Gasteiger partial charge in [-0.05, 0) is 36.6 Å². The molecule has 142 valence electrons. The molecule has 0 aliphatic heterocycles. The molecule has 0 atom stereocenters. The normalized spacial score (nSPS) is 16.5. The molecule has 8 heteroatoms. The molecule has 1 aromatic heterocycles. The van der Waals surface area contributed by atoms with E-state index in [1.54, 1.807) is 12.1 Å². The van der Waals surface area contributed by atoms with Crippen molar-refractivity contribution < 1.29 is 26.0 Å². The zero-order valence-electron chi connectivity index (χ0n) is 14.1. The minimum atomic E-state index is -4.50. The van der Waals surface area contributed by atoms with Crippen molar-refractivity contribution in [3.8, 4) is 0 Å². The van der Waals surface area contributed by atoms with Crippen molar-refractivity contribution in [2.24, 2.45) is 0 Å². The molecule has 0 N–H and O–H groups in total. The molecule has 1 saturated carbocycles. The lowest BCUT2D eigenvalue weighted by atomic mass is 10.1. The zero-order chi connectivity index (χ0) is 18.8. The van der Waals surface area contributed by atoms with E-state index < -0.39 is 27.5 Å². The van der Waals surface area contributed by atoms with Crippen molar-refractivity contribution >= 4 is 10.0 Å². The number of alkyl halides is 3. The smallest absolute Gasteiger partial charge is 0.416 e. The van der Waals surface area contributed by atoms with Crippen molar-refractivity contribution in [3.05, 3.63) is 59.5 Å². The maximum Gasteiger partial charge on any atom is 0.416 e. The number of rotatable bonds is 6. The average Bonchev–Trinajstić information content (AvgIpc) is 3.25. The largest absolute Gasteiger partial charge is 0.468 e. The fraction of sp³-hybridized carbons (Fsp3) is 0.444. The minimum Gasteiger partial charge on any atom is -0.468 e.